The van der Waals surface area contributed by atoms with Crippen molar-refractivity contribution < 1.29 is 9.90 Å². The summed E-state index contributed by atoms with van der Waals surface area (Å²) >= 11 is 5.90. The van der Waals surface area contributed by atoms with Gasteiger partial charge in [0.15, 0.2) is 0 Å². The summed E-state index contributed by atoms with van der Waals surface area (Å²) in [7, 11) is 0. The van der Waals surface area contributed by atoms with E-state index in [9.17, 15) is 9.59 Å². The minimum absolute atomic E-state index is 0.269. The first-order chi connectivity index (χ1) is 7.50. The zero-order valence-electron chi connectivity index (χ0n) is 8.37. The molecule has 2 aromatic rings. The largest absolute Gasteiger partial charge is 0.477 e. The van der Waals surface area contributed by atoms with Crippen molar-refractivity contribution in [3.05, 3.63) is 44.7 Å². The number of aromatic carboxylic acids is 1. The van der Waals surface area contributed by atoms with E-state index in [0.717, 1.165) is 5.56 Å². The van der Waals surface area contributed by atoms with E-state index in [-0.39, 0.29) is 5.56 Å². The monoisotopic (exact) mass is 237 g/mol. The van der Waals surface area contributed by atoms with Crippen LogP contribution in [0.5, 0.6) is 0 Å². The number of carbonyl (C=O) groups is 1. The Bertz CT molecular complexity index is 645. The predicted molar refractivity (Wildman–Crippen MR) is 61.3 cm³/mol. The number of halogens is 1. The van der Waals surface area contributed by atoms with Gasteiger partial charge in [-0.05, 0) is 24.6 Å². The number of nitrogens with one attached hydrogen (secondary N) is 1. The van der Waals surface area contributed by atoms with Crippen molar-refractivity contribution in [1.29, 1.82) is 0 Å². The van der Waals surface area contributed by atoms with E-state index >= 15 is 0 Å². The number of aromatic amines is 1. The van der Waals surface area contributed by atoms with Gasteiger partial charge in [-0.2, -0.15) is 0 Å². The van der Waals surface area contributed by atoms with Crippen molar-refractivity contribution in [3.63, 3.8) is 0 Å². The van der Waals surface area contributed by atoms with Crippen LogP contribution in [0.4, 0.5) is 0 Å². The first-order valence-corrected chi connectivity index (χ1v) is 4.93. The molecule has 0 aliphatic heterocycles. The standard InChI is InChI=1S/C11H8ClNO3/c1-5-2-6-9(3-8(5)12)13-4-7(10(6)14)11(15)16/h2-4H,1H3,(H,13,14)(H,15,16). The molecule has 16 heavy (non-hydrogen) atoms. The molecular weight excluding hydrogens is 230 g/mol. The summed E-state index contributed by atoms with van der Waals surface area (Å²) in [6.07, 6.45) is 1.18. The number of carboxylic acids is 1. The van der Waals surface area contributed by atoms with E-state index in [4.69, 9.17) is 16.7 Å². The molecule has 0 saturated heterocycles. The second-order valence-corrected chi connectivity index (χ2v) is 3.89. The average molecular weight is 238 g/mol. The van der Waals surface area contributed by atoms with Gasteiger partial charge in [0, 0.05) is 16.6 Å². The number of hydrogen-bond acceptors (Lipinski definition) is 2. The third-order valence-corrected chi connectivity index (χ3v) is 2.80. The van der Waals surface area contributed by atoms with Crippen LogP contribution in [0.1, 0.15) is 15.9 Å². The highest BCUT2D eigenvalue weighted by atomic mass is 35.5. The van der Waals surface area contributed by atoms with Crippen LogP contribution in [0.3, 0.4) is 0 Å². The molecule has 0 fully saturated rings. The van der Waals surface area contributed by atoms with Gasteiger partial charge in [-0.1, -0.05) is 11.6 Å². The number of pyridine rings is 1. The molecule has 4 nitrogen and oxygen atoms in total. The molecule has 2 rings (SSSR count). The summed E-state index contributed by atoms with van der Waals surface area (Å²) in [6.45, 7) is 1.76. The van der Waals surface area contributed by atoms with Gasteiger partial charge in [-0.25, -0.2) is 4.79 Å². The second kappa shape index (κ2) is 3.64. The van der Waals surface area contributed by atoms with Gasteiger partial charge < -0.3 is 10.1 Å². The van der Waals surface area contributed by atoms with E-state index in [1.54, 1.807) is 19.1 Å². The van der Waals surface area contributed by atoms with Crippen LogP contribution in [0.25, 0.3) is 10.9 Å². The first kappa shape index (κ1) is 10.7. The predicted octanol–water partition coefficient (Wildman–Crippen LogP) is 2.19. The molecular formula is C11H8ClNO3. The number of rotatable bonds is 1. The fraction of sp³-hybridized carbons (Fsp3) is 0.0909. The number of fused-ring (bicyclic) bond motifs is 1. The fourth-order valence-corrected chi connectivity index (χ4v) is 1.67. The Hall–Kier alpha value is -1.81. The van der Waals surface area contributed by atoms with Gasteiger partial charge in [-0.3, -0.25) is 4.79 Å². The van der Waals surface area contributed by atoms with Crippen LogP contribution < -0.4 is 5.43 Å². The highest BCUT2D eigenvalue weighted by molar-refractivity contribution is 6.32. The number of carboxylic acid groups (broad SMARTS) is 1. The molecule has 2 N–H and O–H groups in total. The van der Waals surface area contributed by atoms with Crippen LogP contribution in [0.15, 0.2) is 23.1 Å². The third kappa shape index (κ3) is 1.57. The maximum atomic E-state index is 11.8. The van der Waals surface area contributed by atoms with Crippen LogP contribution in [0.2, 0.25) is 5.02 Å². The highest BCUT2D eigenvalue weighted by Crippen LogP contribution is 2.20. The Balaban J connectivity index is 2.90. The van der Waals surface area contributed by atoms with Crippen LogP contribution in [-0.4, -0.2) is 16.1 Å². The number of H-pyrrole nitrogens is 1. The maximum absolute atomic E-state index is 11.8. The van der Waals surface area contributed by atoms with Gasteiger partial charge in [0.2, 0.25) is 5.43 Å². The SMILES string of the molecule is Cc1cc2c(=O)c(C(=O)O)c[nH]c2cc1Cl. The summed E-state index contributed by atoms with van der Waals surface area (Å²) in [5.74, 6) is -1.24. The molecule has 5 heteroatoms. The minimum atomic E-state index is -1.24. The molecule has 0 amide bonds. The lowest BCUT2D eigenvalue weighted by Crippen LogP contribution is -2.15. The van der Waals surface area contributed by atoms with Gasteiger partial charge >= 0.3 is 5.97 Å². The Morgan fingerprint density at radius 1 is 1.44 bits per heavy atom. The Morgan fingerprint density at radius 3 is 2.75 bits per heavy atom. The molecule has 0 bridgehead atoms. The normalized spacial score (nSPS) is 10.6. The quantitative estimate of drug-likeness (QED) is 0.799. The lowest BCUT2D eigenvalue weighted by Gasteiger charge is -2.03. The number of benzene rings is 1. The number of aromatic nitrogens is 1. The van der Waals surface area contributed by atoms with E-state index < -0.39 is 11.4 Å². The molecule has 0 aliphatic carbocycles. The van der Waals surface area contributed by atoms with Crippen molar-refractivity contribution in [2.24, 2.45) is 0 Å². The van der Waals surface area contributed by atoms with Crippen molar-refractivity contribution in [2.45, 2.75) is 6.92 Å². The molecule has 0 radical (unpaired) electrons. The van der Waals surface area contributed by atoms with Crippen LogP contribution in [0, 0.1) is 6.92 Å². The van der Waals surface area contributed by atoms with Crippen molar-refractivity contribution in [3.8, 4) is 0 Å². The topological polar surface area (TPSA) is 70.2 Å². The molecule has 1 aromatic heterocycles. The Morgan fingerprint density at radius 2 is 2.12 bits per heavy atom. The average Bonchev–Trinajstić information content (AvgIpc) is 2.21. The molecule has 0 aliphatic rings. The molecule has 0 unspecified atom stereocenters. The Kier molecular flexibility index (Phi) is 2.44. The number of aryl methyl sites for hydroxylation is 1. The Labute approximate surface area is 95.5 Å². The summed E-state index contributed by atoms with van der Waals surface area (Å²) < 4.78 is 0. The van der Waals surface area contributed by atoms with Gasteiger partial charge in [-0.15, -0.1) is 0 Å². The zero-order valence-corrected chi connectivity index (χ0v) is 9.13. The van der Waals surface area contributed by atoms with Crippen LogP contribution in [-0.2, 0) is 0 Å². The lowest BCUT2D eigenvalue weighted by molar-refractivity contribution is 0.0695. The smallest absolute Gasteiger partial charge is 0.341 e. The molecule has 1 aromatic carbocycles. The van der Waals surface area contributed by atoms with Gasteiger partial charge in [0.25, 0.3) is 0 Å². The second-order valence-electron chi connectivity index (χ2n) is 3.48. The minimum Gasteiger partial charge on any atom is -0.477 e. The van der Waals surface area contributed by atoms with Crippen molar-refractivity contribution >= 4 is 28.5 Å². The highest BCUT2D eigenvalue weighted by Gasteiger charge is 2.12. The van der Waals surface area contributed by atoms with Crippen molar-refractivity contribution in [2.75, 3.05) is 0 Å². The number of hydrogen-bond donors (Lipinski definition) is 2. The van der Waals surface area contributed by atoms with Gasteiger partial charge in [0.05, 0.1) is 5.52 Å². The summed E-state index contributed by atoms with van der Waals surface area (Å²) in [6, 6.07) is 3.20. The molecule has 1 heterocycles. The van der Waals surface area contributed by atoms with E-state index in [2.05, 4.69) is 4.98 Å². The fourth-order valence-electron chi connectivity index (χ4n) is 1.51. The zero-order chi connectivity index (χ0) is 11.9. The van der Waals surface area contributed by atoms with E-state index in [1.807, 2.05) is 0 Å². The van der Waals surface area contributed by atoms with Crippen molar-refractivity contribution in [1.82, 2.24) is 4.98 Å². The molecule has 0 spiro atoms. The summed E-state index contributed by atoms with van der Waals surface area (Å²) in [5, 5.41) is 9.67. The summed E-state index contributed by atoms with van der Waals surface area (Å²) in [5.41, 5.74) is 0.503. The molecule has 0 saturated carbocycles. The maximum Gasteiger partial charge on any atom is 0.341 e. The molecule has 0 atom stereocenters. The summed E-state index contributed by atoms with van der Waals surface area (Å²) in [4.78, 5) is 25.3. The molecule has 82 valence electrons. The first-order valence-electron chi connectivity index (χ1n) is 4.55. The lowest BCUT2D eigenvalue weighted by atomic mass is 10.1. The van der Waals surface area contributed by atoms with E-state index in [1.165, 1.54) is 6.20 Å². The van der Waals surface area contributed by atoms with E-state index in [0.29, 0.717) is 15.9 Å². The van der Waals surface area contributed by atoms with Crippen LogP contribution >= 0.6 is 11.6 Å². The van der Waals surface area contributed by atoms with Gasteiger partial charge in [0.1, 0.15) is 5.56 Å². The third-order valence-electron chi connectivity index (χ3n) is 2.39.